The minimum absolute atomic E-state index is 0.290. The van der Waals surface area contributed by atoms with Crippen LogP contribution in [0.1, 0.15) is 32.6 Å². The summed E-state index contributed by atoms with van der Waals surface area (Å²) in [5.74, 6) is 0. The lowest BCUT2D eigenvalue weighted by Gasteiger charge is -2.28. The molecule has 4 heteroatoms. The van der Waals surface area contributed by atoms with Gasteiger partial charge in [0.05, 0.1) is 0 Å². The van der Waals surface area contributed by atoms with Crippen LogP contribution in [-0.2, 0) is 6.54 Å². The molecule has 0 bridgehead atoms. The van der Waals surface area contributed by atoms with Gasteiger partial charge < -0.3 is 5.32 Å². The molecule has 1 rings (SSSR count). The van der Waals surface area contributed by atoms with E-state index < -0.39 is 0 Å². The van der Waals surface area contributed by atoms with Gasteiger partial charge in [-0.05, 0) is 34.3 Å². The van der Waals surface area contributed by atoms with Gasteiger partial charge in [0.2, 0.25) is 0 Å². The first-order chi connectivity index (χ1) is 6.80. The first-order valence-corrected chi connectivity index (χ1v) is 6.96. The lowest BCUT2D eigenvalue weighted by Crippen LogP contribution is -2.36. The summed E-state index contributed by atoms with van der Waals surface area (Å²) >= 11 is 11.0. The Balaban J connectivity index is 2.51. The Morgan fingerprint density at radius 1 is 1.53 bits per heavy atom. The maximum atomic E-state index is 5.98. The van der Waals surface area contributed by atoms with Crippen LogP contribution in [0.15, 0.2) is 10.5 Å². The third kappa shape index (κ3) is 4.06. The van der Waals surface area contributed by atoms with Gasteiger partial charge in [0.1, 0.15) is 4.34 Å². The Morgan fingerprint density at radius 2 is 2.13 bits per heavy atom. The fraction of sp³-hybridized carbons (Fsp3) is 0.636. The predicted octanol–water partition coefficient (Wildman–Crippen LogP) is 4.69. The Labute approximate surface area is 109 Å². The number of hydrogen-bond acceptors (Lipinski definition) is 2. The van der Waals surface area contributed by atoms with Crippen LogP contribution >= 0.6 is 38.9 Å². The molecule has 0 fully saturated rings. The average Bonchev–Trinajstić information content (AvgIpc) is 2.41. The summed E-state index contributed by atoms with van der Waals surface area (Å²) in [7, 11) is 0. The number of halogens is 2. The third-order valence-electron chi connectivity index (χ3n) is 2.58. The highest BCUT2D eigenvalue weighted by atomic mass is 79.9. The molecule has 86 valence electrons. The zero-order valence-electron chi connectivity index (χ0n) is 9.53. The predicted molar refractivity (Wildman–Crippen MR) is 72.8 cm³/mol. The highest BCUT2D eigenvalue weighted by Gasteiger charge is 2.19. The second kappa shape index (κ2) is 5.17. The molecule has 0 aliphatic heterocycles. The fourth-order valence-electron chi connectivity index (χ4n) is 1.04. The maximum absolute atomic E-state index is 5.98. The lowest BCUT2D eigenvalue weighted by atomic mass is 9.88. The van der Waals surface area contributed by atoms with Gasteiger partial charge in [0, 0.05) is 21.9 Å². The Hall–Kier alpha value is 0.430. The van der Waals surface area contributed by atoms with E-state index in [0.717, 1.165) is 15.4 Å². The smallest absolute Gasteiger partial charge is 0.107 e. The van der Waals surface area contributed by atoms with Crippen molar-refractivity contribution in [2.24, 2.45) is 5.41 Å². The summed E-state index contributed by atoms with van der Waals surface area (Å²) in [5.41, 5.74) is 0.290. The molecule has 1 aromatic heterocycles. The highest BCUT2D eigenvalue weighted by molar-refractivity contribution is 9.10. The van der Waals surface area contributed by atoms with Crippen molar-refractivity contribution < 1.29 is 0 Å². The summed E-state index contributed by atoms with van der Waals surface area (Å²) in [5, 5.41) is 3.51. The molecule has 0 amide bonds. The van der Waals surface area contributed by atoms with Gasteiger partial charge in [-0.3, -0.25) is 0 Å². The van der Waals surface area contributed by atoms with Crippen LogP contribution in [0, 0.1) is 5.41 Å². The molecular formula is C11H17BrClNS. The fourth-order valence-corrected chi connectivity index (χ4v) is 2.78. The lowest BCUT2D eigenvalue weighted by molar-refractivity contribution is 0.286. The standard InChI is InChI=1S/C11H17BrClNS/c1-7(11(2,3)4)14-6-8-5-9(12)10(13)15-8/h5,7,14H,6H2,1-4H3. The molecule has 1 aromatic rings. The van der Waals surface area contributed by atoms with E-state index in [1.54, 1.807) is 11.3 Å². The third-order valence-corrected chi connectivity index (χ3v) is 5.05. The van der Waals surface area contributed by atoms with Crippen LogP contribution in [0.4, 0.5) is 0 Å². The van der Waals surface area contributed by atoms with Gasteiger partial charge in [0.15, 0.2) is 0 Å². The van der Waals surface area contributed by atoms with Crippen LogP contribution in [0.2, 0.25) is 4.34 Å². The molecule has 1 nitrogen and oxygen atoms in total. The zero-order valence-corrected chi connectivity index (χ0v) is 12.7. The maximum Gasteiger partial charge on any atom is 0.107 e. The number of rotatable bonds is 3. The molecular weight excluding hydrogens is 294 g/mol. The average molecular weight is 311 g/mol. The van der Waals surface area contributed by atoms with Crippen molar-refractivity contribution in [2.45, 2.75) is 40.3 Å². The van der Waals surface area contributed by atoms with Crippen molar-refractivity contribution in [3.05, 3.63) is 19.8 Å². The van der Waals surface area contributed by atoms with E-state index >= 15 is 0 Å². The minimum Gasteiger partial charge on any atom is -0.309 e. The molecule has 15 heavy (non-hydrogen) atoms. The van der Waals surface area contributed by atoms with E-state index in [9.17, 15) is 0 Å². The largest absolute Gasteiger partial charge is 0.309 e. The van der Waals surface area contributed by atoms with Crippen LogP contribution in [-0.4, -0.2) is 6.04 Å². The molecule has 0 aliphatic carbocycles. The molecule has 1 atom stereocenters. The summed E-state index contributed by atoms with van der Waals surface area (Å²) in [4.78, 5) is 1.27. The Morgan fingerprint density at radius 3 is 2.53 bits per heavy atom. The van der Waals surface area contributed by atoms with E-state index in [1.807, 2.05) is 0 Å². The number of nitrogens with one attached hydrogen (secondary N) is 1. The van der Waals surface area contributed by atoms with Crippen molar-refractivity contribution in [3.63, 3.8) is 0 Å². The molecule has 1 N–H and O–H groups in total. The number of thiophene rings is 1. The summed E-state index contributed by atoms with van der Waals surface area (Å²) < 4.78 is 1.82. The molecule has 1 heterocycles. The van der Waals surface area contributed by atoms with E-state index in [1.165, 1.54) is 4.88 Å². The molecule has 1 unspecified atom stereocenters. The minimum atomic E-state index is 0.290. The van der Waals surface area contributed by atoms with Crippen molar-refractivity contribution in [2.75, 3.05) is 0 Å². The Kier molecular flexibility index (Phi) is 4.65. The molecule has 0 saturated heterocycles. The first-order valence-electron chi connectivity index (χ1n) is 4.98. The van der Waals surface area contributed by atoms with Gasteiger partial charge in [-0.15, -0.1) is 11.3 Å². The van der Waals surface area contributed by atoms with E-state index in [2.05, 4.69) is 55.0 Å². The number of hydrogen-bond donors (Lipinski definition) is 1. The first kappa shape index (κ1) is 13.5. The van der Waals surface area contributed by atoms with Crippen molar-refractivity contribution >= 4 is 38.9 Å². The molecule has 0 radical (unpaired) electrons. The van der Waals surface area contributed by atoms with Crippen molar-refractivity contribution in [1.82, 2.24) is 5.32 Å². The van der Waals surface area contributed by atoms with Crippen LogP contribution in [0.3, 0.4) is 0 Å². The summed E-state index contributed by atoms with van der Waals surface area (Å²) in [6.07, 6.45) is 0. The SMILES string of the molecule is CC(NCc1cc(Br)c(Cl)s1)C(C)(C)C. The topological polar surface area (TPSA) is 12.0 Å². The van der Waals surface area contributed by atoms with Gasteiger partial charge in [-0.2, -0.15) is 0 Å². The van der Waals surface area contributed by atoms with Crippen molar-refractivity contribution in [1.29, 1.82) is 0 Å². The summed E-state index contributed by atoms with van der Waals surface area (Å²) in [6.45, 7) is 9.81. The van der Waals surface area contributed by atoms with Gasteiger partial charge >= 0.3 is 0 Å². The normalized spacial score (nSPS) is 14.3. The van der Waals surface area contributed by atoms with Gasteiger partial charge in [-0.25, -0.2) is 0 Å². The second-order valence-electron chi connectivity index (χ2n) is 4.80. The highest BCUT2D eigenvalue weighted by Crippen LogP contribution is 2.32. The van der Waals surface area contributed by atoms with Crippen LogP contribution in [0.5, 0.6) is 0 Å². The zero-order chi connectivity index (χ0) is 11.6. The van der Waals surface area contributed by atoms with E-state index in [-0.39, 0.29) is 5.41 Å². The molecule has 0 aromatic carbocycles. The van der Waals surface area contributed by atoms with Crippen molar-refractivity contribution in [3.8, 4) is 0 Å². The quantitative estimate of drug-likeness (QED) is 0.854. The van der Waals surface area contributed by atoms with Crippen LogP contribution in [0.25, 0.3) is 0 Å². The molecule has 0 spiro atoms. The second-order valence-corrected chi connectivity index (χ2v) is 7.40. The van der Waals surface area contributed by atoms with E-state index in [0.29, 0.717) is 6.04 Å². The van der Waals surface area contributed by atoms with Gasteiger partial charge in [0.25, 0.3) is 0 Å². The monoisotopic (exact) mass is 309 g/mol. The van der Waals surface area contributed by atoms with Crippen LogP contribution < -0.4 is 5.32 Å². The summed E-state index contributed by atoms with van der Waals surface area (Å²) in [6, 6.07) is 2.56. The van der Waals surface area contributed by atoms with E-state index in [4.69, 9.17) is 11.6 Å². The molecule has 0 aliphatic rings. The van der Waals surface area contributed by atoms with Gasteiger partial charge in [-0.1, -0.05) is 32.4 Å². The molecule has 0 saturated carbocycles. The Bertz CT molecular complexity index is 310.